The maximum Gasteiger partial charge on any atom is 0.252 e. The molecule has 18 heavy (non-hydrogen) atoms. The SMILES string of the molecule is CC(C)CCCCCNC(=O)c1ccc(=O)[nH]c1. The molecule has 0 bridgehead atoms. The third-order valence-corrected chi connectivity index (χ3v) is 2.79. The van der Waals surface area contributed by atoms with Gasteiger partial charge in [-0.25, -0.2) is 0 Å². The van der Waals surface area contributed by atoms with Crippen LogP contribution in [0.2, 0.25) is 0 Å². The van der Waals surface area contributed by atoms with Crippen molar-refractivity contribution in [3.63, 3.8) is 0 Å². The lowest BCUT2D eigenvalue weighted by atomic mass is 10.1. The van der Waals surface area contributed by atoms with E-state index >= 15 is 0 Å². The number of carbonyl (C=O) groups is 1. The first-order valence-electron chi connectivity index (χ1n) is 6.56. The molecule has 1 heterocycles. The second-order valence-electron chi connectivity index (χ2n) is 4.94. The van der Waals surface area contributed by atoms with Gasteiger partial charge in [0.25, 0.3) is 5.91 Å². The number of nitrogens with one attached hydrogen (secondary N) is 2. The van der Waals surface area contributed by atoms with Crippen molar-refractivity contribution in [2.75, 3.05) is 6.54 Å². The summed E-state index contributed by atoms with van der Waals surface area (Å²) in [6, 6.07) is 2.89. The van der Waals surface area contributed by atoms with Crippen LogP contribution in [0.25, 0.3) is 0 Å². The Morgan fingerprint density at radius 3 is 2.67 bits per heavy atom. The van der Waals surface area contributed by atoms with Crippen LogP contribution in [0.1, 0.15) is 49.9 Å². The Balaban J connectivity index is 2.17. The van der Waals surface area contributed by atoms with E-state index in [4.69, 9.17) is 0 Å². The quantitative estimate of drug-likeness (QED) is 0.729. The lowest BCUT2D eigenvalue weighted by Gasteiger charge is -2.06. The summed E-state index contributed by atoms with van der Waals surface area (Å²) >= 11 is 0. The molecule has 1 aromatic heterocycles. The number of unbranched alkanes of at least 4 members (excludes halogenated alkanes) is 2. The molecule has 4 nitrogen and oxygen atoms in total. The minimum Gasteiger partial charge on any atom is -0.352 e. The lowest BCUT2D eigenvalue weighted by molar-refractivity contribution is 0.0952. The summed E-state index contributed by atoms with van der Waals surface area (Å²) in [5, 5.41) is 2.85. The van der Waals surface area contributed by atoms with E-state index in [1.807, 2.05) is 0 Å². The first kappa shape index (κ1) is 14.5. The molecule has 1 rings (SSSR count). The van der Waals surface area contributed by atoms with Crippen LogP contribution >= 0.6 is 0 Å². The van der Waals surface area contributed by atoms with Gasteiger partial charge in [0.15, 0.2) is 0 Å². The summed E-state index contributed by atoms with van der Waals surface area (Å²) in [6.07, 6.45) is 6.04. The Hall–Kier alpha value is -1.58. The molecule has 0 fully saturated rings. The van der Waals surface area contributed by atoms with Crippen molar-refractivity contribution in [2.24, 2.45) is 5.92 Å². The van der Waals surface area contributed by atoms with E-state index in [0.29, 0.717) is 12.1 Å². The fraction of sp³-hybridized carbons (Fsp3) is 0.571. The van der Waals surface area contributed by atoms with Crippen LogP contribution in [0.3, 0.4) is 0 Å². The molecule has 1 amide bonds. The minimum atomic E-state index is -0.194. The topological polar surface area (TPSA) is 62.0 Å². The summed E-state index contributed by atoms with van der Waals surface area (Å²) in [4.78, 5) is 25.0. The summed E-state index contributed by atoms with van der Waals surface area (Å²) in [5.74, 6) is 0.621. The highest BCUT2D eigenvalue weighted by Crippen LogP contribution is 2.07. The number of rotatable bonds is 7. The van der Waals surface area contributed by atoms with Crippen molar-refractivity contribution < 1.29 is 4.79 Å². The molecule has 0 saturated heterocycles. The molecule has 0 aliphatic rings. The first-order chi connectivity index (χ1) is 8.59. The van der Waals surface area contributed by atoms with Crippen molar-refractivity contribution in [1.29, 1.82) is 0 Å². The molecule has 2 N–H and O–H groups in total. The van der Waals surface area contributed by atoms with Crippen molar-refractivity contribution in [3.05, 3.63) is 34.2 Å². The van der Waals surface area contributed by atoms with Crippen molar-refractivity contribution in [3.8, 4) is 0 Å². The van der Waals surface area contributed by atoms with Crippen LogP contribution in [0.4, 0.5) is 0 Å². The first-order valence-corrected chi connectivity index (χ1v) is 6.56. The molecule has 0 unspecified atom stereocenters. The zero-order chi connectivity index (χ0) is 13.4. The summed E-state index contributed by atoms with van der Waals surface area (Å²) in [6.45, 7) is 5.13. The number of aromatic amines is 1. The lowest BCUT2D eigenvalue weighted by Crippen LogP contribution is -2.25. The fourth-order valence-electron chi connectivity index (χ4n) is 1.71. The van der Waals surface area contributed by atoms with Gasteiger partial charge in [0.1, 0.15) is 0 Å². The molecule has 0 atom stereocenters. The standard InChI is InChI=1S/C14H22N2O2/c1-11(2)6-4-3-5-9-15-14(18)12-7-8-13(17)16-10-12/h7-8,10-11H,3-6,9H2,1-2H3,(H,15,18)(H,16,17). The van der Waals surface area contributed by atoms with E-state index in [1.165, 1.54) is 31.2 Å². The van der Waals surface area contributed by atoms with Gasteiger partial charge in [0, 0.05) is 18.8 Å². The molecule has 0 radical (unpaired) electrons. The Morgan fingerprint density at radius 1 is 1.28 bits per heavy atom. The van der Waals surface area contributed by atoms with Crippen LogP contribution in [0.15, 0.2) is 23.1 Å². The van der Waals surface area contributed by atoms with Gasteiger partial charge in [-0.05, 0) is 18.4 Å². The number of H-pyrrole nitrogens is 1. The van der Waals surface area contributed by atoms with Crippen LogP contribution in [-0.4, -0.2) is 17.4 Å². The summed E-state index contributed by atoms with van der Waals surface area (Å²) in [7, 11) is 0. The largest absolute Gasteiger partial charge is 0.352 e. The van der Waals surface area contributed by atoms with Crippen molar-refractivity contribution in [1.82, 2.24) is 10.3 Å². The summed E-state index contributed by atoms with van der Waals surface area (Å²) < 4.78 is 0. The van der Waals surface area contributed by atoms with Gasteiger partial charge in [0.05, 0.1) is 5.56 Å². The van der Waals surface area contributed by atoms with Gasteiger partial charge in [-0.1, -0.05) is 33.1 Å². The summed E-state index contributed by atoms with van der Waals surface area (Å²) in [5.41, 5.74) is 0.303. The highest BCUT2D eigenvalue weighted by molar-refractivity contribution is 5.93. The van der Waals surface area contributed by atoms with Gasteiger partial charge in [-0.3, -0.25) is 9.59 Å². The van der Waals surface area contributed by atoms with Gasteiger partial charge < -0.3 is 10.3 Å². The van der Waals surface area contributed by atoms with Crippen LogP contribution in [0, 0.1) is 5.92 Å². The number of hydrogen-bond acceptors (Lipinski definition) is 2. The highest BCUT2D eigenvalue weighted by Gasteiger charge is 2.03. The Kier molecular flexibility index (Phi) is 6.19. The number of carbonyl (C=O) groups excluding carboxylic acids is 1. The van der Waals surface area contributed by atoms with Gasteiger partial charge in [-0.2, -0.15) is 0 Å². The second-order valence-corrected chi connectivity index (χ2v) is 4.94. The second kappa shape index (κ2) is 7.69. The molecular weight excluding hydrogens is 228 g/mol. The monoisotopic (exact) mass is 250 g/mol. The maximum absolute atomic E-state index is 11.7. The zero-order valence-electron chi connectivity index (χ0n) is 11.2. The van der Waals surface area contributed by atoms with E-state index in [1.54, 1.807) is 0 Å². The van der Waals surface area contributed by atoms with Crippen molar-refractivity contribution in [2.45, 2.75) is 39.5 Å². The Bertz CT molecular complexity index is 404. The highest BCUT2D eigenvalue weighted by atomic mass is 16.1. The smallest absolute Gasteiger partial charge is 0.252 e. The van der Waals surface area contributed by atoms with Crippen LogP contribution in [-0.2, 0) is 0 Å². The molecular formula is C14H22N2O2. The van der Waals surface area contributed by atoms with E-state index in [9.17, 15) is 9.59 Å². The molecule has 0 spiro atoms. The fourth-order valence-corrected chi connectivity index (χ4v) is 1.71. The average molecular weight is 250 g/mol. The van der Waals surface area contributed by atoms with Gasteiger partial charge in [0.2, 0.25) is 5.56 Å². The third kappa shape index (κ3) is 5.66. The molecule has 4 heteroatoms. The molecule has 0 saturated carbocycles. The number of amides is 1. The molecule has 1 aromatic rings. The minimum absolute atomic E-state index is 0.130. The normalized spacial score (nSPS) is 10.6. The Labute approximate surface area is 108 Å². The predicted molar refractivity (Wildman–Crippen MR) is 72.7 cm³/mol. The van der Waals surface area contributed by atoms with E-state index < -0.39 is 0 Å². The van der Waals surface area contributed by atoms with E-state index in [2.05, 4.69) is 24.1 Å². The molecule has 0 aromatic carbocycles. The third-order valence-electron chi connectivity index (χ3n) is 2.79. The van der Waals surface area contributed by atoms with E-state index in [0.717, 1.165) is 18.8 Å². The van der Waals surface area contributed by atoms with Gasteiger partial charge >= 0.3 is 0 Å². The van der Waals surface area contributed by atoms with Crippen LogP contribution in [0.5, 0.6) is 0 Å². The average Bonchev–Trinajstić information content (AvgIpc) is 2.34. The van der Waals surface area contributed by atoms with Gasteiger partial charge in [-0.15, -0.1) is 0 Å². The molecule has 100 valence electrons. The molecule has 0 aliphatic heterocycles. The van der Waals surface area contributed by atoms with Crippen LogP contribution < -0.4 is 10.9 Å². The maximum atomic E-state index is 11.7. The number of aromatic nitrogens is 1. The van der Waals surface area contributed by atoms with E-state index in [-0.39, 0.29) is 11.5 Å². The van der Waals surface area contributed by atoms with Crippen molar-refractivity contribution >= 4 is 5.91 Å². The zero-order valence-corrected chi connectivity index (χ0v) is 11.2. The molecule has 0 aliphatic carbocycles. The number of hydrogen-bond donors (Lipinski definition) is 2. The predicted octanol–water partition coefficient (Wildman–Crippen LogP) is 2.32. The number of pyridine rings is 1. The Morgan fingerprint density at radius 2 is 2.06 bits per heavy atom.